The summed E-state index contributed by atoms with van der Waals surface area (Å²) in [7, 11) is 0. The second-order valence-corrected chi connectivity index (χ2v) is 4.90. The summed E-state index contributed by atoms with van der Waals surface area (Å²) in [6, 6.07) is 10.6. The molecular formula is C16H23Cl2N3. The molecule has 0 spiro atoms. The van der Waals surface area contributed by atoms with Crippen molar-refractivity contribution in [3.8, 4) is 6.07 Å². The van der Waals surface area contributed by atoms with E-state index in [1.54, 1.807) is 0 Å². The Hall–Kier alpha value is -1.05. The smallest absolute Gasteiger partial charge is 0.0991 e. The van der Waals surface area contributed by atoms with Crippen LogP contribution in [0.4, 0.5) is 0 Å². The molecule has 1 aromatic rings. The Balaban J connectivity index is 0.00000200. The van der Waals surface area contributed by atoms with Crippen molar-refractivity contribution >= 4 is 24.8 Å². The molecule has 5 heteroatoms. The number of rotatable bonds is 5. The fraction of sp³-hybridized carbons (Fsp3) is 0.438. The third-order valence-electron chi connectivity index (χ3n) is 3.66. The van der Waals surface area contributed by atoms with Crippen molar-refractivity contribution < 1.29 is 0 Å². The first-order chi connectivity index (χ1) is 9.35. The van der Waals surface area contributed by atoms with Crippen molar-refractivity contribution in [2.45, 2.75) is 18.9 Å². The van der Waals surface area contributed by atoms with Gasteiger partial charge in [-0.2, -0.15) is 5.26 Å². The predicted octanol–water partition coefficient (Wildman–Crippen LogP) is 3.31. The van der Waals surface area contributed by atoms with E-state index in [4.69, 9.17) is 5.26 Å². The fourth-order valence-corrected chi connectivity index (χ4v) is 2.61. The Kier molecular flexibility index (Phi) is 10.1. The van der Waals surface area contributed by atoms with Gasteiger partial charge in [0.05, 0.1) is 11.6 Å². The van der Waals surface area contributed by atoms with Crippen LogP contribution in [-0.4, -0.2) is 31.1 Å². The van der Waals surface area contributed by atoms with Crippen LogP contribution >= 0.6 is 24.8 Å². The summed E-state index contributed by atoms with van der Waals surface area (Å²) in [6.07, 6.45) is 4.10. The normalized spacial score (nSPS) is 16.0. The monoisotopic (exact) mass is 327 g/mol. The molecule has 2 rings (SSSR count). The van der Waals surface area contributed by atoms with Gasteiger partial charge in [-0.25, -0.2) is 0 Å². The number of nitriles is 1. The lowest BCUT2D eigenvalue weighted by Gasteiger charge is -2.35. The van der Waals surface area contributed by atoms with Crippen molar-refractivity contribution in [2.24, 2.45) is 0 Å². The minimum Gasteiger partial charge on any atom is -0.314 e. The van der Waals surface area contributed by atoms with Crippen LogP contribution in [0.2, 0.25) is 0 Å². The van der Waals surface area contributed by atoms with Gasteiger partial charge >= 0.3 is 0 Å². The quantitative estimate of drug-likeness (QED) is 0.843. The summed E-state index contributed by atoms with van der Waals surface area (Å²) in [5, 5.41) is 12.3. The number of benzene rings is 1. The molecular weight excluding hydrogens is 305 g/mol. The summed E-state index contributed by atoms with van der Waals surface area (Å²) in [4.78, 5) is 2.53. The average Bonchev–Trinajstić information content (AvgIpc) is 2.49. The van der Waals surface area contributed by atoms with E-state index in [9.17, 15) is 0 Å². The average molecular weight is 328 g/mol. The number of piperazine rings is 1. The highest BCUT2D eigenvalue weighted by molar-refractivity contribution is 5.85. The maximum Gasteiger partial charge on any atom is 0.0991 e. The molecule has 1 fully saturated rings. The topological polar surface area (TPSA) is 39.1 Å². The van der Waals surface area contributed by atoms with Crippen LogP contribution in [0, 0.1) is 11.3 Å². The Morgan fingerprint density at radius 1 is 1.24 bits per heavy atom. The number of halogens is 2. The van der Waals surface area contributed by atoms with Gasteiger partial charge in [0, 0.05) is 32.2 Å². The Morgan fingerprint density at radius 3 is 2.38 bits per heavy atom. The van der Waals surface area contributed by atoms with E-state index in [1.807, 2.05) is 18.2 Å². The third-order valence-corrected chi connectivity index (χ3v) is 3.66. The van der Waals surface area contributed by atoms with Gasteiger partial charge < -0.3 is 5.32 Å². The first-order valence-corrected chi connectivity index (χ1v) is 6.91. The van der Waals surface area contributed by atoms with Crippen molar-refractivity contribution in [3.05, 3.63) is 48.0 Å². The highest BCUT2D eigenvalue weighted by Gasteiger charge is 2.21. The van der Waals surface area contributed by atoms with Gasteiger partial charge in [0.2, 0.25) is 0 Å². The molecule has 1 aliphatic rings. The number of allylic oxidation sites excluding steroid dienone is 1. The molecule has 0 saturated carbocycles. The largest absolute Gasteiger partial charge is 0.314 e. The number of hydrogen-bond donors (Lipinski definition) is 1. The molecule has 1 aromatic carbocycles. The molecule has 116 valence electrons. The molecule has 0 unspecified atom stereocenters. The lowest BCUT2D eigenvalue weighted by atomic mass is 9.98. The van der Waals surface area contributed by atoms with E-state index < -0.39 is 0 Å². The Morgan fingerprint density at radius 2 is 1.86 bits per heavy atom. The van der Waals surface area contributed by atoms with E-state index in [-0.39, 0.29) is 24.8 Å². The highest BCUT2D eigenvalue weighted by Crippen LogP contribution is 2.26. The van der Waals surface area contributed by atoms with Gasteiger partial charge in [-0.3, -0.25) is 4.90 Å². The van der Waals surface area contributed by atoms with Crippen LogP contribution < -0.4 is 5.32 Å². The zero-order valence-corrected chi connectivity index (χ0v) is 13.8. The second-order valence-electron chi connectivity index (χ2n) is 4.90. The van der Waals surface area contributed by atoms with E-state index in [0.717, 1.165) is 44.6 Å². The molecule has 0 aliphatic carbocycles. The van der Waals surface area contributed by atoms with Gasteiger partial charge in [0.15, 0.2) is 0 Å². The molecule has 0 bridgehead atoms. The van der Waals surface area contributed by atoms with Crippen LogP contribution in [0.1, 0.15) is 30.0 Å². The highest BCUT2D eigenvalue weighted by atomic mass is 35.5. The number of nitrogens with one attached hydrogen (secondary N) is 1. The number of nitrogens with zero attached hydrogens (tertiary/aromatic N) is 2. The van der Waals surface area contributed by atoms with Crippen LogP contribution in [0.5, 0.6) is 0 Å². The van der Waals surface area contributed by atoms with Crippen LogP contribution in [0.3, 0.4) is 0 Å². The zero-order valence-electron chi connectivity index (χ0n) is 12.1. The van der Waals surface area contributed by atoms with Crippen molar-refractivity contribution in [3.63, 3.8) is 0 Å². The zero-order chi connectivity index (χ0) is 13.5. The van der Waals surface area contributed by atoms with Gasteiger partial charge in [-0.15, -0.1) is 31.4 Å². The van der Waals surface area contributed by atoms with E-state index in [1.165, 1.54) is 5.56 Å². The fourth-order valence-electron chi connectivity index (χ4n) is 2.61. The van der Waals surface area contributed by atoms with Gasteiger partial charge in [-0.1, -0.05) is 18.2 Å². The van der Waals surface area contributed by atoms with Crippen molar-refractivity contribution in [2.75, 3.05) is 26.2 Å². The summed E-state index contributed by atoms with van der Waals surface area (Å²) in [6.45, 7) is 8.11. The maximum atomic E-state index is 8.88. The number of hydrogen-bond acceptors (Lipinski definition) is 3. The molecule has 1 atom stereocenters. The molecule has 1 heterocycles. The van der Waals surface area contributed by atoms with Gasteiger partial charge in [0.1, 0.15) is 0 Å². The molecule has 21 heavy (non-hydrogen) atoms. The lowest BCUT2D eigenvalue weighted by molar-refractivity contribution is 0.166. The third kappa shape index (κ3) is 5.68. The SMILES string of the molecule is C=CCC[C@@H](c1ccc(C#N)cc1)N1CCNCC1.Cl.Cl. The second kappa shape index (κ2) is 10.6. The summed E-state index contributed by atoms with van der Waals surface area (Å²) in [5.41, 5.74) is 2.04. The molecule has 1 saturated heterocycles. The first kappa shape index (κ1) is 19.9. The Bertz CT molecular complexity index is 448. The minimum atomic E-state index is 0. The van der Waals surface area contributed by atoms with Crippen LogP contribution in [0.25, 0.3) is 0 Å². The van der Waals surface area contributed by atoms with Crippen LogP contribution in [0.15, 0.2) is 36.9 Å². The molecule has 0 amide bonds. The van der Waals surface area contributed by atoms with E-state index >= 15 is 0 Å². The van der Waals surface area contributed by atoms with E-state index in [0.29, 0.717) is 6.04 Å². The molecule has 0 radical (unpaired) electrons. The minimum absolute atomic E-state index is 0. The Labute approximate surface area is 139 Å². The maximum absolute atomic E-state index is 8.88. The van der Waals surface area contributed by atoms with Gasteiger partial charge in [-0.05, 0) is 30.5 Å². The van der Waals surface area contributed by atoms with Crippen molar-refractivity contribution in [1.29, 1.82) is 5.26 Å². The van der Waals surface area contributed by atoms with Crippen molar-refractivity contribution in [1.82, 2.24) is 10.2 Å². The lowest BCUT2D eigenvalue weighted by Crippen LogP contribution is -2.45. The standard InChI is InChI=1S/C16H21N3.2ClH/c1-2-3-4-16(19-11-9-18-10-12-19)15-7-5-14(13-17)6-8-15;;/h2,5-8,16,18H,1,3-4,9-12H2;2*1H/t16-;;/m0../s1. The van der Waals surface area contributed by atoms with Gasteiger partial charge in [0.25, 0.3) is 0 Å². The first-order valence-electron chi connectivity index (χ1n) is 6.91. The van der Waals surface area contributed by atoms with E-state index in [2.05, 4.69) is 35.0 Å². The molecule has 0 aromatic heterocycles. The molecule has 3 nitrogen and oxygen atoms in total. The summed E-state index contributed by atoms with van der Waals surface area (Å²) < 4.78 is 0. The molecule has 1 N–H and O–H groups in total. The summed E-state index contributed by atoms with van der Waals surface area (Å²) in [5.74, 6) is 0. The molecule has 1 aliphatic heterocycles. The predicted molar refractivity (Wildman–Crippen MR) is 92.3 cm³/mol. The summed E-state index contributed by atoms with van der Waals surface area (Å²) >= 11 is 0. The van der Waals surface area contributed by atoms with Crippen LogP contribution in [-0.2, 0) is 0 Å².